The van der Waals surface area contributed by atoms with Crippen molar-refractivity contribution in [3.05, 3.63) is 25.3 Å². The molecule has 0 saturated carbocycles. The lowest BCUT2D eigenvalue weighted by molar-refractivity contribution is -0.141. The van der Waals surface area contributed by atoms with Gasteiger partial charge in [-0.25, -0.2) is 0 Å². The molecule has 0 amide bonds. The Morgan fingerprint density at radius 3 is 2.20 bits per heavy atom. The van der Waals surface area contributed by atoms with Gasteiger partial charge in [0.15, 0.2) is 0 Å². The van der Waals surface area contributed by atoms with Gasteiger partial charge in [-0.3, -0.25) is 4.79 Å². The highest BCUT2D eigenvalue weighted by atomic mass is 16.5. The normalized spacial score (nSPS) is 8.40. The molecule has 0 aliphatic rings. The van der Waals surface area contributed by atoms with Crippen molar-refractivity contribution in [1.82, 2.24) is 5.32 Å². The summed E-state index contributed by atoms with van der Waals surface area (Å²) in [6.45, 7) is 12.9. The molecule has 0 rings (SSSR count). The van der Waals surface area contributed by atoms with Gasteiger partial charge in [-0.05, 0) is 6.42 Å². The van der Waals surface area contributed by atoms with Crippen LogP contribution in [0.3, 0.4) is 0 Å². The Labute approximate surface area is 93.2 Å². The van der Waals surface area contributed by atoms with Crippen LogP contribution in [0.2, 0.25) is 0 Å². The molecule has 0 radical (unpaired) electrons. The number of hydrogen-bond donors (Lipinski definition) is 1. The van der Waals surface area contributed by atoms with E-state index in [1.807, 2.05) is 12.2 Å². The number of unbranched alkanes of at least 4 members (excludes halogenated alkanes) is 1. The average molecular weight is 213 g/mol. The van der Waals surface area contributed by atoms with Crippen LogP contribution in [0.4, 0.5) is 0 Å². The summed E-state index contributed by atoms with van der Waals surface area (Å²) in [5.74, 6) is -0.182. The summed E-state index contributed by atoms with van der Waals surface area (Å²) in [5, 5.41) is 3.05. The van der Waals surface area contributed by atoms with E-state index in [0.29, 0.717) is 6.61 Å². The fraction of sp³-hybridized carbons (Fsp3) is 0.583. The van der Waals surface area contributed by atoms with Crippen LogP contribution >= 0.6 is 0 Å². The van der Waals surface area contributed by atoms with Crippen LogP contribution in [-0.2, 0) is 9.53 Å². The van der Waals surface area contributed by atoms with Gasteiger partial charge in [0.25, 0.3) is 0 Å². The standard InChI is InChI=1S/C6H11N.C6H12O2/c1-3-5-7-6-4-2;1-3-4-5-8-6(2)7/h3-4,7H,1-2,5-6H2;3-5H2,1-2H3. The van der Waals surface area contributed by atoms with Crippen molar-refractivity contribution >= 4 is 5.97 Å². The predicted molar refractivity (Wildman–Crippen MR) is 64.8 cm³/mol. The quantitative estimate of drug-likeness (QED) is 0.400. The third-order valence-corrected chi connectivity index (χ3v) is 1.38. The van der Waals surface area contributed by atoms with E-state index < -0.39 is 0 Å². The maximum Gasteiger partial charge on any atom is 0.302 e. The lowest BCUT2D eigenvalue weighted by Crippen LogP contribution is -2.11. The maximum absolute atomic E-state index is 10.1. The summed E-state index contributed by atoms with van der Waals surface area (Å²) in [4.78, 5) is 10.1. The van der Waals surface area contributed by atoms with Gasteiger partial charge in [0.05, 0.1) is 6.61 Å². The van der Waals surface area contributed by atoms with E-state index in [0.717, 1.165) is 25.9 Å². The van der Waals surface area contributed by atoms with Gasteiger partial charge in [0, 0.05) is 20.0 Å². The summed E-state index contributed by atoms with van der Waals surface area (Å²) >= 11 is 0. The molecule has 0 aromatic carbocycles. The van der Waals surface area contributed by atoms with Crippen molar-refractivity contribution in [3.8, 4) is 0 Å². The fourth-order valence-corrected chi connectivity index (χ4v) is 0.648. The molecule has 0 aromatic rings. The smallest absolute Gasteiger partial charge is 0.302 e. The van der Waals surface area contributed by atoms with Crippen LogP contribution in [-0.4, -0.2) is 25.7 Å². The second-order valence-corrected chi connectivity index (χ2v) is 2.93. The van der Waals surface area contributed by atoms with Crippen LogP contribution in [0.1, 0.15) is 26.7 Å². The molecule has 0 fully saturated rings. The van der Waals surface area contributed by atoms with Gasteiger partial charge in [0.2, 0.25) is 0 Å². The fourth-order valence-electron chi connectivity index (χ4n) is 0.648. The van der Waals surface area contributed by atoms with Crippen LogP contribution in [0.15, 0.2) is 25.3 Å². The Kier molecular flexibility index (Phi) is 16.8. The highest BCUT2D eigenvalue weighted by molar-refractivity contribution is 5.65. The zero-order valence-corrected chi connectivity index (χ0v) is 9.92. The Bertz CT molecular complexity index is 159. The van der Waals surface area contributed by atoms with Crippen molar-refractivity contribution in [1.29, 1.82) is 0 Å². The lowest BCUT2D eigenvalue weighted by Gasteiger charge is -1.96. The Morgan fingerprint density at radius 2 is 1.87 bits per heavy atom. The first-order valence-electron chi connectivity index (χ1n) is 5.24. The number of nitrogens with one attached hydrogen (secondary N) is 1. The number of carbonyl (C=O) groups is 1. The molecule has 88 valence electrons. The topological polar surface area (TPSA) is 38.3 Å². The average Bonchev–Trinajstić information content (AvgIpc) is 2.20. The second-order valence-electron chi connectivity index (χ2n) is 2.93. The molecule has 0 spiro atoms. The first-order chi connectivity index (χ1) is 7.18. The molecular weight excluding hydrogens is 190 g/mol. The minimum absolute atomic E-state index is 0.182. The van der Waals surface area contributed by atoms with E-state index in [-0.39, 0.29) is 5.97 Å². The van der Waals surface area contributed by atoms with E-state index in [2.05, 4.69) is 30.1 Å². The molecule has 3 nitrogen and oxygen atoms in total. The van der Waals surface area contributed by atoms with Crippen molar-refractivity contribution in [2.24, 2.45) is 0 Å². The third kappa shape index (κ3) is 24.6. The lowest BCUT2D eigenvalue weighted by atomic mass is 10.4. The number of hydrogen-bond acceptors (Lipinski definition) is 3. The first kappa shape index (κ1) is 16.3. The van der Waals surface area contributed by atoms with Gasteiger partial charge in [-0.2, -0.15) is 0 Å². The largest absolute Gasteiger partial charge is 0.466 e. The maximum atomic E-state index is 10.1. The van der Waals surface area contributed by atoms with E-state index >= 15 is 0 Å². The zero-order chi connectivity index (χ0) is 11.9. The molecule has 0 aromatic heterocycles. The number of carbonyl (C=O) groups excluding carboxylic acids is 1. The van der Waals surface area contributed by atoms with Crippen LogP contribution in [0.25, 0.3) is 0 Å². The van der Waals surface area contributed by atoms with Crippen molar-refractivity contribution in [3.63, 3.8) is 0 Å². The molecule has 3 heteroatoms. The molecule has 0 saturated heterocycles. The van der Waals surface area contributed by atoms with Crippen LogP contribution < -0.4 is 5.32 Å². The SMILES string of the molecule is C=CCNCC=C.CCCCOC(C)=O. The van der Waals surface area contributed by atoms with Crippen molar-refractivity contribution in [2.75, 3.05) is 19.7 Å². The first-order valence-corrected chi connectivity index (χ1v) is 5.24. The minimum atomic E-state index is -0.182. The summed E-state index contributed by atoms with van der Waals surface area (Å²) in [6, 6.07) is 0. The van der Waals surface area contributed by atoms with E-state index in [4.69, 9.17) is 0 Å². The van der Waals surface area contributed by atoms with Crippen molar-refractivity contribution < 1.29 is 9.53 Å². The highest BCUT2D eigenvalue weighted by Gasteiger charge is 1.88. The Hall–Kier alpha value is -1.09. The van der Waals surface area contributed by atoms with E-state index in [1.165, 1.54) is 6.92 Å². The van der Waals surface area contributed by atoms with Crippen LogP contribution in [0, 0.1) is 0 Å². The zero-order valence-electron chi connectivity index (χ0n) is 9.92. The molecule has 1 N–H and O–H groups in total. The van der Waals surface area contributed by atoms with Gasteiger partial charge < -0.3 is 10.1 Å². The second kappa shape index (κ2) is 15.4. The van der Waals surface area contributed by atoms with E-state index in [9.17, 15) is 4.79 Å². The Balaban J connectivity index is 0. The number of esters is 1. The van der Waals surface area contributed by atoms with Gasteiger partial charge in [0.1, 0.15) is 0 Å². The summed E-state index contributed by atoms with van der Waals surface area (Å²) < 4.78 is 4.64. The van der Waals surface area contributed by atoms with Gasteiger partial charge in [-0.1, -0.05) is 25.5 Å². The molecule has 0 aliphatic carbocycles. The molecule has 0 heterocycles. The Morgan fingerprint density at radius 1 is 1.33 bits per heavy atom. The third-order valence-electron chi connectivity index (χ3n) is 1.38. The summed E-state index contributed by atoms with van der Waals surface area (Å²) in [5.41, 5.74) is 0. The molecule has 0 unspecified atom stereocenters. The molecule has 0 aliphatic heterocycles. The number of ether oxygens (including phenoxy) is 1. The molecule has 0 bridgehead atoms. The van der Waals surface area contributed by atoms with Gasteiger partial charge in [-0.15, -0.1) is 13.2 Å². The van der Waals surface area contributed by atoms with Gasteiger partial charge >= 0.3 is 5.97 Å². The summed E-state index contributed by atoms with van der Waals surface area (Å²) in [6.07, 6.45) is 5.69. The summed E-state index contributed by atoms with van der Waals surface area (Å²) in [7, 11) is 0. The predicted octanol–water partition coefficient (Wildman–Crippen LogP) is 2.30. The van der Waals surface area contributed by atoms with Crippen molar-refractivity contribution in [2.45, 2.75) is 26.7 Å². The monoisotopic (exact) mass is 213 g/mol. The highest BCUT2D eigenvalue weighted by Crippen LogP contribution is 1.86. The molecule has 0 atom stereocenters. The minimum Gasteiger partial charge on any atom is -0.466 e. The van der Waals surface area contributed by atoms with E-state index in [1.54, 1.807) is 0 Å². The molecular formula is C12H23NO2. The number of rotatable bonds is 7. The van der Waals surface area contributed by atoms with Crippen LogP contribution in [0.5, 0.6) is 0 Å². The molecule has 15 heavy (non-hydrogen) atoms.